The molecular formula is C14H18O4Si. The molecule has 0 atom stereocenters. The number of rotatable bonds is 1. The molecule has 19 heavy (non-hydrogen) atoms. The minimum Gasteiger partial charge on any atom is -0.504 e. The van der Waals surface area contributed by atoms with E-state index in [1.165, 1.54) is 0 Å². The van der Waals surface area contributed by atoms with Crippen LogP contribution in [-0.4, -0.2) is 29.9 Å². The van der Waals surface area contributed by atoms with Crippen LogP contribution in [0.4, 0.5) is 0 Å². The SMILES string of the molecule is CC(C)(C)c1ccc2c([SiH2]O)c(O)c(O)c(O)c2c1. The van der Waals surface area contributed by atoms with Gasteiger partial charge in [-0.2, -0.15) is 0 Å². The molecule has 0 unspecified atom stereocenters. The van der Waals surface area contributed by atoms with E-state index in [2.05, 4.69) is 0 Å². The lowest BCUT2D eigenvalue weighted by Gasteiger charge is -2.20. The molecule has 0 bridgehead atoms. The maximum Gasteiger partial charge on any atom is 0.200 e. The van der Waals surface area contributed by atoms with Crippen molar-refractivity contribution in [2.24, 2.45) is 0 Å². The van der Waals surface area contributed by atoms with Crippen molar-refractivity contribution in [3.63, 3.8) is 0 Å². The van der Waals surface area contributed by atoms with Gasteiger partial charge in [0.25, 0.3) is 0 Å². The summed E-state index contributed by atoms with van der Waals surface area (Å²) in [6.07, 6.45) is 0. The Hall–Kier alpha value is -1.72. The van der Waals surface area contributed by atoms with Crippen LogP contribution < -0.4 is 5.19 Å². The molecule has 0 aliphatic carbocycles. The maximum atomic E-state index is 9.97. The van der Waals surface area contributed by atoms with E-state index in [-0.39, 0.29) is 11.2 Å². The van der Waals surface area contributed by atoms with Crippen molar-refractivity contribution >= 4 is 25.7 Å². The molecule has 0 heterocycles. The fourth-order valence-corrected chi connectivity index (χ4v) is 2.94. The molecule has 0 radical (unpaired) electrons. The van der Waals surface area contributed by atoms with Crippen LogP contribution in [0.5, 0.6) is 17.2 Å². The van der Waals surface area contributed by atoms with Gasteiger partial charge in [0.05, 0.1) is 0 Å². The first kappa shape index (κ1) is 13.7. The summed E-state index contributed by atoms with van der Waals surface area (Å²) in [5, 5.41) is 30.9. The second-order valence-corrected chi connectivity index (χ2v) is 6.72. The van der Waals surface area contributed by atoms with Crippen LogP contribution in [0.1, 0.15) is 26.3 Å². The Labute approximate surface area is 113 Å². The molecule has 0 amide bonds. The van der Waals surface area contributed by atoms with Crippen molar-refractivity contribution in [1.82, 2.24) is 0 Å². The standard InChI is InChI=1S/C14H18O4Si/c1-14(2,3)7-4-5-8-9(6-7)10(15)11(16)12(17)13(8)19-18/h4-6,15-18H,19H2,1-3H3. The zero-order valence-corrected chi connectivity index (χ0v) is 12.6. The van der Waals surface area contributed by atoms with Gasteiger partial charge in [-0.25, -0.2) is 0 Å². The number of phenolic OH excluding ortho intramolecular Hbond substituents is 3. The molecule has 5 heteroatoms. The Bertz CT molecular complexity index is 644. The summed E-state index contributed by atoms with van der Waals surface area (Å²) in [6, 6.07) is 5.47. The van der Waals surface area contributed by atoms with Crippen molar-refractivity contribution in [3.05, 3.63) is 23.8 Å². The molecule has 4 nitrogen and oxygen atoms in total. The fourth-order valence-electron chi connectivity index (χ4n) is 2.14. The van der Waals surface area contributed by atoms with Crippen LogP contribution in [-0.2, 0) is 5.41 Å². The fraction of sp³-hybridized carbons (Fsp3) is 0.286. The molecule has 102 valence electrons. The molecule has 0 aliphatic heterocycles. The second kappa shape index (κ2) is 4.43. The van der Waals surface area contributed by atoms with Gasteiger partial charge in [-0.15, -0.1) is 0 Å². The summed E-state index contributed by atoms with van der Waals surface area (Å²) in [4.78, 5) is 9.45. The van der Waals surface area contributed by atoms with Gasteiger partial charge in [0, 0.05) is 10.6 Å². The summed E-state index contributed by atoms with van der Waals surface area (Å²) >= 11 is 0. The van der Waals surface area contributed by atoms with Crippen LogP contribution in [0.3, 0.4) is 0 Å². The van der Waals surface area contributed by atoms with Crippen LogP contribution in [0.15, 0.2) is 18.2 Å². The first-order valence-electron chi connectivity index (χ1n) is 6.08. The van der Waals surface area contributed by atoms with Gasteiger partial charge in [-0.1, -0.05) is 32.9 Å². The lowest BCUT2D eigenvalue weighted by Crippen LogP contribution is -2.16. The summed E-state index contributed by atoms with van der Waals surface area (Å²) < 4.78 is 0. The Morgan fingerprint density at radius 3 is 2.05 bits per heavy atom. The van der Waals surface area contributed by atoms with Gasteiger partial charge in [-0.3, -0.25) is 0 Å². The Morgan fingerprint density at radius 1 is 0.895 bits per heavy atom. The van der Waals surface area contributed by atoms with Crippen molar-refractivity contribution in [1.29, 1.82) is 0 Å². The number of hydrogen-bond donors (Lipinski definition) is 4. The van der Waals surface area contributed by atoms with E-state index < -0.39 is 21.3 Å². The van der Waals surface area contributed by atoms with Gasteiger partial charge < -0.3 is 20.1 Å². The van der Waals surface area contributed by atoms with Crippen molar-refractivity contribution in [2.45, 2.75) is 26.2 Å². The molecule has 0 fully saturated rings. The van der Waals surface area contributed by atoms with E-state index in [0.717, 1.165) is 5.56 Å². The highest BCUT2D eigenvalue weighted by molar-refractivity contribution is 6.52. The third kappa shape index (κ3) is 2.15. The molecule has 2 rings (SSSR count). The van der Waals surface area contributed by atoms with Gasteiger partial charge in [0.1, 0.15) is 0 Å². The minimum absolute atomic E-state index is 0.0923. The molecule has 2 aromatic carbocycles. The third-order valence-corrected chi connectivity index (χ3v) is 4.39. The normalized spacial score (nSPS) is 12.6. The third-order valence-electron chi connectivity index (χ3n) is 3.36. The Kier molecular flexibility index (Phi) is 3.20. The lowest BCUT2D eigenvalue weighted by atomic mass is 9.85. The van der Waals surface area contributed by atoms with Gasteiger partial charge in [0.15, 0.2) is 21.3 Å². The average molecular weight is 278 g/mol. The molecule has 0 spiro atoms. The molecule has 2 aromatic rings. The van der Waals surface area contributed by atoms with Gasteiger partial charge in [0.2, 0.25) is 5.75 Å². The van der Waals surface area contributed by atoms with E-state index in [1.54, 1.807) is 12.1 Å². The Balaban J connectivity index is 2.87. The van der Waals surface area contributed by atoms with E-state index in [4.69, 9.17) is 0 Å². The smallest absolute Gasteiger partial charge is 0.200 e. The second-order valence-electron chi connectivity index (χ2n) is 5.69. The van der Waals surface area contributed by atoms with Crippen molar-refractivity contribution in [3.8, 4) is 17.2 Å². The highest BCUT2D eigenvalue weighted by atomic mass is 28.2. The van der Waals surface area contributed by atoms with Crippen LogP contribution >= 0.6 is 0 Å². The largest absolute Gasteiger partial charge is 0.504 e. The molecule has 0 aromatic heterocycles. The minimum atomic E-state index is -1.66. The van der Waals surface area contributed by atoms with Gasteiger partial charge >= 0.3 is 0 Å². The summed E-state index contributed by atoms with van der Waals surface area (Å²) in [5.74, 6) is -1.32. The molecular weight excluding hydrogens is 260 g/mol. The van der Waals surface area contributed by atoms with Crippen LogP contribution in [0.2, 0.25) is 0 Å². The number of hydrogen-bond acceptors (Lipinski definition) is 4. The topological polar surface area (TPSA) is 80.9 Å². The highest BCUT2D eigenvalue weighted by Crippen LogP contribution is 2.40. The number of aromatic hydroxyl groups is 3. The first-order chi connectivity index (χ1) is 8.77. The van der Waals surface area contributed by atoms with Crippen LogP contribution in [0, 0.1) is 0 Å². The average Bonchev–Trinajstić information content (AvgIpc) is 2.35. The quantitative estimate of drug-likeness (QED) is 0.462. The van der Waals surface area contributed by atoms with Gasteiger partial charge in [-0.05, 0) is 22.4 Å². The van der Waals surface area contributed by atoms with Crippen molar-refractivity contribution in [2.75, 3.05) is 0 Å². The number of benzene rings is 2. The van der Waals surface area contributed by atoms with E-state index in [9.17, 15) is 20.1 Å². The predicted molar refractivity (Wildman–Crippen MR) is 78.0 cm³/mol. The molecule has 0 saturated carbocycles. The molecule has 0 saturated heterocycles. The first-order valence-corrected chi connectivity index (χ1v) is 7.42. The van der Waals surface area contributed by atoms with Crippen molar-refractivity contribution < 1.29 is 20.1 Å². The maximum absolute atomic E-state index is 9.97. The molecule has 4 N–H and O–H groups in total. The summed E-state index contributed by atoms with van der Waals surface area (Å²) in [5.41, 5.74) is 0.913. The monoisotopic (exact) mass is 278 g/mol. The van der Waals surface area contributed by atoms with E-state index >= 15 is 0 Å². The highest BCUT2D eigenvalue weighted by Gasteiger charge is 2.20. The van der Waals surface area contributed by atoms with Crippen LogP contribution in [0.25, 0.3) is 10.8 Å². The zero-order valence-electron chi connectivity index (χ0n) is 11.2. The lowest BCUT2D eigenvalue weighted by molar-refractivity contribution is 0.373. The summed E-state index contributed by atoms with van der Waals surface area (Å²) in [6.45, 7) is 6.15. The number of phenols is 3. The Morgan fingerprint density at radius 2 is 1.53 bits per heavy atom. The molecule has 0 aliphatic rings. The predicted octanol–water partition coefficient (Wildman–Crippen LogP) is 0.955. The zero-order chi connectivity index (χ0) is 14.4. The van der Waals surface area contributed by atoms with E-state index in [1.807, 2.05) is 26.8 Å². The number of fused-ring (bicyclic) bond motifs is 1. The summed E-state index contributed by atoms with van der Waals surface area (Å²) in [7, 11) is -1.66. The van der Waals surface area contributed by atoms with E-state index in [0.29, 0.717) is 16.0 Å².